The summed E-state index contributed by atoms with van der Waals surface area (Å²) in [4.78, 5) is 24.4. The third kappa shape index (κ3) is 5.82. The Morgan fingerprint density at radius 1 is 1.17 bits per heavy atom. The fourth-order valence-electron chi connectivity index (χ4n) is 3.37. The Kier molecular flexibility index (Phi) is 6.56. The number of benzene rings is 1. The average Bonchev–Trinajstić information content (AvgIpc) is 2.70. The van der Waals surface area contributed by atoms with E-state index in [4.69, 9.17) is 4.74 Å². The van der Waals surface area contributed by atoms with Crippen molar-refractivity contribution in [1.82, 2.24) is 15.1 Å². The van der Waals surface area contributed by atoms with Gasteiger partial charge in [-0.15, -0.1) is 0 Å². The van der Waals surface area contributed by atoms with Gasteiger partial charge in [-0.2, -0.15) is 18.3 Å². The Morgan fingerprint density at radius 3 is 2.66 bits per heavy atom. The van der Waals surface area contributed by atoms with Gasteiger partial charge in [-0.1, -0.05) is 24.6 Å². The molecule has 0 radical (unpaired) electrons. The van der Waals surface area contributed by atoms with Crippen molar-refractivity contribution in [3.63, 3.8) is 0 Å². The molecule has 2 atom stereocenters. The van der Waals surface area contributed by atoms with Crippen LogP contribution in [-0.2, 0) is 6.54 Å². The zero-order valence-electron chi connectivity index (χ0n) is 15.7. The number of carbonyl (C=O) groups is 1. The van der Waals surface area contributed by atoms with E-state index >= 15 is 0 Å². The summed E-state index contributed by atoms with van der Waals surface area (Å²) < 4.78 is 45.4. The van der Waals surface area contributed by atoms with E-state index in [2.05, 4.69) is 10.4 Å². The molecule has 1 aliphatic rings. The van der Waals surface area contributed by atoms with E-state index in [0.29, 0.717) is 18.6 Å². The number of para-hydroxylation sites is 1. The van der Waals surface area contributed by atoms with E-state index in [1.165, 1.54) is 12.1 Å². The van der Waals surface area contributed by atoms with Crippen molar-refractivity contribution >= 4 is 5.91 Å². The summed E-state index contributed by atoms with van der Waals surface area (Å²) in [5.74, 6) is -1.35. The van der Waals surface area contributed by atoms with Gasteiger partial charge >= 0.3 is 6.18 Å². The van der Waals surface area contributed by atoms with Crippen molar-refractivity contribution in [2.75, 3.05) is 6.61 Å². The number of alkyl halides is 3. The topological polar surface area (TPSA) is 73.2 Å². The highest BCUT2D eigenvalue weighted by Crippen LogP contribution is 2.37. The number of amides is 1. The molecule has 1 saturated carbocycles. The molecule has 1 aliphatic carbocycles. The van der Waals surface area contributed by atoms with Gasteiger partial charge in [0.15, 0.2) is 0 Å². The lowest BCUT2D eigenvalue weighted by atomic mass is 9.85. The van der Waals surface area contributed by atoms with Gasteiger partial charge in [0.25, 0.3) is 11.5 Å². The molecule has 0 bridgehead atoms. The quantitative estimate of drug-likeness (QED) is 0.796. The van der Waals surface area contributed by atoms with E-state index in [-0.39, 0.29) is 31.7 Å². The highest BCUT2D eigenvalue weighted by molar-refractivity contribution is 5.92. The molecule has 2 unspecified atom stereocenters. The van der Waals surface area contributed by atoms with Gasteiger partial charge in [-0.3, -0.25) is 9.59 Å². The molecule has 0 saturated heterocycles. The van der Waals surface area contributed by atoms with Gasteiger partial charge in [0.1, 0.15) is 18.1 Å². The summed E-state index contributed by atoms with van der Waals surface area (Å²) in [5, 5.41) is 6.64. The first-order chi connectivity index (χ1) is 13.8. The maximum atomic E-state index is 12.9. The Labute approximate surface area is 165 Å². The molecule has 156 valence electrons. The maximum Gasteiger partial charge on any atom is 0.391 e. The summed E-state index contributed by atoms with van der Waals surface area (Å²) in [6, 6.07) is 11.0. The minimum absolute atomic E-state index is 0.0153. The van der Waals surface area contributed by atoms with Crippen LogP contribution in [0.25, 0.3) is 0 Å². The Hall–Kier alpha value is -2.84. The van der Waals surface area contributed by atoms with Crippen LogP contribution in [0.1, 0.15) is 36.2 Å². The lowest BCUT2D eigenvalue weighted by molar-refractivity contribution is -0.183. The molecule has 2 aromatic rings. The number of rotatable bonds is 6. The summed E-state index contributed by atoms with van der Waals surface area (Å²) in [5.41, 5.74) is -0.411. The number of halogens is 3. The number of aromatic nitrogens is 2. The van der Waals surface area contributed by atoms with E-state index < -0.39 is 29.6 Å². The molecule has 9 heteroatoms. The van der Waals surface area contributed by atoms with Gasteiger partial charge in [-0.05, 0) is 37.5 Å². The molecule has 1 aromatic carbocycles. The average molecular weight is 409 g/mol. The van der Waals surface area contributed by atoms with Crippen LogP contribution in [0.15, 0.2) is 47.3 Å². The molecule has 29 heavy (non-hydrogen) atoms. The van der Waals surface area contributed by atoms with Crippen LogP contribution < -0.4 is 15.6 Å². The van der Waals surface area contributed by atoms with E-state index in [1.54, 1.807) is 12.1 Å². The molecule has 1 amide bonds. The summed E-state index contributed by atoms with van der Waals surface area (Å²) in [6.07, 6.45) is -3.42. The standard InChI is InChI=1S/C20H22F3N3O3/c21-20(22,23)14-5-4-6-15(13-14)24-19(28)17-9-10-18(27)26(25-17)11-12-29-16-7-2-1-3-8-16/h1-3,7-10,14-15H,4-6,11-13H2,(H,24,28). The highest BCUT2D eigenvalue weighted by Gasteiger charge is 2.42. The van der Waals surface area contributed by atoms with Crippen molar-refractivity contribution in [3.8, 4) is 5.75 Å². The van der Waals surface area contributed by atoms with Crippen LogP contribution >= 0.6 is 0 Å². The Morgan fingerprint density at radius 2 is 1.93 bits per heavy atom. The number of hydrogen-bond donors (Lipinski definition) is 1. The number of ether oxygens (including phenoxy) is 1. The van der Waals surface area contributed by atoms with E-state index in [0.717, 1.165) is 4.68 Å². The number of nitrogens with zero attached hydrogens (tertiary/aromatic N) is 2. The van der Waals surface area contributed by atoms with Crippen molar-refractivity contribution in [2.24, 2.45) is 5.92 Å². The monoisotopic (exact) mass is 409 g/mol. The first-order valence-electron chi connectivity index (χ1n) is 9.46. The van der Waals surface area contributed by atoms with Gasteiger partial charge in [0, 0.05) is 12.1 Å². The second kappa shape index (κ2) is 9.11. The summed E-state index contributed by atoms with van der Waals surface area (Å²) in [7, 11) is 0. The first-order valence-corrected chi connectivity index (χ1v) is 9.46. The van der Waals surface area contributed by atoms with Gasteiger partial charge < -0.3 is 10.1 Å². The molecule has 6 nitrogen and oxygen atoms in total. The molecular weight excluding hydrogens is 387 g/mol. The fraction of sp³-hybridized carbons (Fsp3) is 0.450. The number of carbonyl (C=O) groups excluding carboxylic acids is 1. The van der Waals surface area contributed by atoms with Gasteiger partial charge in [0.2, 0.25) is 0 Å². The predicted octanol–water partition coefficient (Wildman–Crippen LogP) is 3.17. The molecular formula is C20H22F3N3O3. The smallest absolute Gasteiger partial charge is 0.391 e. The molecule has 0 spiro atoms. The first kappa shape index (κ1) is 20.9. The van der Waals surface area contributed by atoms with Crippen molar-refractivity contribution in [3.05, 3.63) is 58.5 Å². The fourth-order valence-corrected chi connectivity index (χ4v) is 3.37. The van der Waals surface area contributed by atoms with Crippen molar-refractivity contribution < 1.29 is 22.7 Å². The second-order valence-electron chi connectivity index (χ2n) is 7.02. The molecule has 1 fully saturated rings. The van der Waals surface area contributed by atoms with E-state index in [9.17, 15) is 22.8 Å². The lowest BCUT2D eigenvalue weighted by Crippen LogP contribution is -2.42. The van der Waals surface area contributed by atoms with Crippen LogP contribution in [-0.4, -0.2) is 34.5 Å². The SMILES string of the molecule is O=C(NC1CCCC(C(F)(F)F)C1)c1ccc(=O)n(CCOc2ccccc2)n1. The normalized spacial score (nSPS) is 19.6. The zero-order chi connectivity index (χ0) is 20.9. The largest absolute Gasteiger partial charge is 0.492 e. The zero-order valence-corrected chi connectivity index (χ0v) is 15.7. The molecule has 1 heterocycles. The Bertz CT molecular complexity index is 884. The van der Waals surface area contributed by atoms with Gasteiger partial charge in [-0.25, -0.2) is 4.68 Å². The van der Waals surface area contributed by atoms with E-state index in [1.807, 2.05) is 18.2 Å². The molecule has 3 rings (SSSR count). The highest BCUT2D eigenvalue weighted by atomic mass is 19.4. The maximum absolute atomic E-state index is 12.9. The molecule has 1 N–H and O–H groups in total. The third-order valence-electron chi connectivity index (χ3n) is 4.89. The Balaban J connectivity index is 1.59. The van der Waals surface area contributed by atoms with Crippen LogP contribution in [0.5, 0.6) is 5.75 Å². The number of nitrogens with one attached hydrogen (secondary N) is 1. The number of hydrogen-bond acceptors (Lipinski definition) is 4. The predicted molar refractivity (Wildman–Crippen MR) is 99.7 cm³/mol. The molecule has 1 aromatic heterocycles. The summed E-state index contributed by atoms with van der Waals surface area (Å²) in [6.45, 7) is 0.312. The van der Waals surface area contributed by atoms with Crippen molar-refractivity contribution in [2.45, 2.75) is 44.4 Å². The van der Waals surface area contributed by atoms with Crippen LogP contribution in [0.3, 0.4) is 0 Å². The summed E-state index contributed by atoms with van der Waals surface area (Å²) >= 11 is 0. The van der Waals surface area contributed by atoms with Crippen LogP contribution in [0.2, 0.25) is 0 Å². The minimum Gasteiger partial charge on any atom is -0.492 e. The van der Waals surface area contributed by atoms with Crippen LogP contribution in [0, 0.1) is 5.92 Å². The second-order valence-corrected chi connectivity index (χ2v) is 7.02. The lowest BCUT2D eigenvalue weighted by Gasteiger charge is -2.30. The van der Waals surface area contributed by atoms with Crippen molar-refractivity contribution in [1.29, 1.82) is 0 Å². The molecule has 0 aliphatic heterocycles. The van der Waals surface area contributed by atoms with Crippen LogP contribution in [0.4, 0.5) is 13.2 Å². The minimum atomic E-state index is -4.26. The third-order valence-corrected chi connectivity index (χ3v) is 4.89. The van der Waals surface area contributed by atoms with Gasteiger partial charge in [0.05, 0.1) is 12.5 Å².